The molecule has 7 aromatic rings. The fourth-order valence-corrected chi connectivity index (χ4v) is 3.75. The number of hydrogen-bond donors (Lipinski definition) is 0. The van der Waals surface area contributed by atoms with E-state index in [2.05, 4.69) is 48.1 Å². The molecule has 0 radical (unpaired) electrons. The number of benzene rings is 1. The van der Waals surface area contributed by atoms with Crippen LogP contribution in [0.25, 0.3) is 44.6 Å². The molecule has 0 saturated carbocycles. The summed E-state index contributed by atoms with van der Waals surface area (Å²) in [7, 11) is 0. The van der Waals surface area contributed by atoms with Crippen molar-refractivity contribution in [1.82, 2.24) is 29.9 Å². The minimum atomic E-state index is 0.915. The van der Waals surface area contributed by atoms with Crippen molar-refractivity contribution in [2.24, 2.45) is 0 Å². The summed E-state index contributed by atoms with van der Waals surface area (Å²) in [5.41, 5.74) is 5.68. The predicted octanol–water partition coefficient (Wildman–Crippen LogP) is 7.07. The van der Waals surface area contributed by atoms with E-state index in [9.17, 15) is 0 Å². The SMILES string of the molecule is c1ccc(-c2ccccn2)nc1.c1ccc(-c2ccccn2)nc1.c1cnc2c(c1)ccc1ncccc12. The summed E-state index contributed by atoms with van der Waals surface area (Å²) < 4.78 is 0. The predicted molar refractivity (Wildman–Crippen MR) is 152 cm³/mol. The van der Waals surface area contributed by atoms with Crippen LogP contribution in [0.4, 0.5) is 0 Å². The third-order valence-electron chi connectivity index (χ3n) is 5.54. The van der Waals surface area contributed by atoms with Crippen LogP contribution in [0.2, 0.25) is 0 Å². The third kappa shape index (κ3) is 6.25. The topological polar surface area (TPSA) is 77.3 Å². The Kier molecular flexibility index (Phi) is 8.04. The molecular formula is C32H24N6. The van der Waals surface area contributed by atoms with Crippen LogP contribution in [0.15, 0.2) is 146 Å². The van der Waals surface area contributed by atoms with E-state index in [1.165, 1.54) is 0 Å². The minimum absolute atomic E-state index is 0.915. The van der Waals surface area contributed by atoms with Gasteiger partial charge in [0.1, 0.15) is 0 Å². The lowest BCUT2D eigenvalue weighted by Gasteiger charge is -2.00. The molecule has 182 valence electrons. The molecule has 0 fully saturated rings. The molecule has 0 saturated heterocycles. The molecule has 6 aromatic heterocycles. The number of aromatic nitrogens is 6. The molecule has 0 aliphatic rings. The van der Waals surface area contributed by atoms with Gasteiger partial charge in [-0.05, 0) is 72.8 Å². The zero-order valence-electron chi connectivity index (χ0n) is 20.5. The van der Waals surface area contributed by atoms with Crippen LogP contribution in [0, 0.1) is 0 Å². The van der Waals surface area contributed by atoms with Crippen LogP contribution < -0.4 is 0 Å². The van der Waals surface area contributed by atoms with E-state index in [0.29, 0.717) is 0 Å². The Labute approximate surface area is 220 Å². The number of pyridine rings is 6. The van der Waals surface area contributed by atoms with Gasteiger partial charge >= 0.3 is 0 Å². The molecule has 0 amide bonds. The molecule has 0 aliphatic heterocycles. The monoisotopic (exact) mass is 492 g/mol. The maximum Gasteiger partial charge on any atom is 0.0886 e. The fourth-order valence-electron chi connectivity index (χ4n) is 3.75. The molecule has 0 spiro atoms. The van der Waals surface area contributed by atoms with Crippen molar-refractivity contribution in [2.45, 2.75) is 0 Å². The van der Waals surface area contributed by atoms with E-state index < -0.39 is 0 Å². The smallest absolute Gasteiger partial charge is 0.0886 e. The van der Waals surface area contributed by atoms with Crippen LogP contribution in [-0.4, -0.2) is 29.9 Å². The molecule has 0 unspecified atom stereocenters. The molecule has 0 bridgehead atoms. The van der Waals surface area contributed by atoms with E-state index in [1.807, 2.05) is 97.2 Å². The summed E-state index contributed by atoms with van der Waals surface area (Å²) in [5, 5.41) is 2.28. The van der Waals surface area contributed by atoms with Gasteiger partial charge < -0.3 is 0 Å². The second-order valence-electron chi connectivity index (χ2n) is 8.07. The fraction of sp³-hybridized carbons (Fsp3) is 0. The van der Waals surface area contributed by atoms with E-state index in [0.717, 1.165) is 44.6 Å². The first-order chi connectivity index (χ1) is 18.9. The molecule has 38 heavy (non-hydrogen) atoms. The highest BCUT2D eigenvalue weighted by atomic mass is 14.8. The summed E-state index contributed by atoms with van der Waals surface area (Å²) in [6.07, 6.45) is 10.7. The van der Waals surface area contributed by atoms with Crippen LogP contribution in [0.3, 0.4) is 0 Å². The number of nitrogens with zero attached hydrogens (tertiary/aromatic N) is 6. The Hall–Kier alpha value is -5.36. The summed E-state index contributed by atoms with van der Waals surface area (Å²) in [6.45, 7) is 0. The van der Waals surface area contributed by atoms with Crippen LogP contribution >= 0.6 is 0 Å². The Morgan fingerprint density at radius 1 is 0.316 bits per heavy atom. The molecule has 0 N–H and O–H groups in total. The Morgan fingerprint density at radius 2 is 0.763 bits per heavy atom. The lowest BCUT2D eigenvalue weighted by molar-refractivity contribution is 1.25. The van der Waals surface area contributed by atoms with Gasteiger partial charge in [0.2, 0.25) is 0 Å². The zero-order valence-corrected chi connectivity index (χ0v) is 20.5. The van der Waals surface area contributed by atoms with Crippen molar-refractivity contribution in [3.8, 4) is 22.8 Å². The van der Waals surface area contributed by atoms with Gasteiger partial charge in [-0.2, -0.15) is 0 Å². The second kappa shape index (κ2) is 12.6. The number of fused-ring (bicyclic) bond motifs is 3. The molecule has 7 rings (SSSR count). The van der Waals surface area contributed by atoms with Crippen molar-refractivity contribution < 1.29 is 0 Å². The van der Waals surface area contributed by atoms with E-state index in [-0.39, 0.29) is 0 Å². The minimum Gasteiger partial charge on any atom is -0.256 e. The van der Waals surface area contributed by atoms with Crippen LogP contribution in [0.1, 0.15) is 0 Å². The van der Waals surface area contributed by atoms with E-state index in [1.54, 1.807) is 31.0 Å². The van der Waals surface area contributed by atoms with Crippen molar-refractivity contribution in [2.75, 3.05) is 0 Å². The highest BCUT2D eigenvalue weighted by molar-refractivity contribution is 6.03. The average Bonchev–Trinajstić information content (AvgIpc) is 3.03. The first kappa shape index (κ1) is 24.3. The van der Waals surface area contributed by atoms with Gasteiger partial charge in [0.25, 0.3) is 0 Å². The van der Waals surface area contributed by atoms with Gasteiger partial charge in [-0.15, -0.1) is 0 Å². The van der Waals surface area contributed by atoms with Gasteiger partial charge in [-0.1, -0.05) is 36.4 Å². The summed E-state index contributed by atoms with van der Waals surface area (Å²) >= 11 is 0. The summed E-state index contributed by atoms with van der Waals surface area (Å²) in [4.78, 5) is 25.4. The van der Waals surface area contributed by atoms with E-state index >= 15 is 0 Å². The normalized spacial score (nSPS) is 10.1. The summed E-state index contributed by atoms with van der Waals surface area (Å²) in [5.74, 6) is 0. The van der Waals surface area contributed by atoms with Crippen molar-refractivity contribution >= 4 is 21.8 Å². The molecular weight excluding hydrogens is 468 g/mol. The second-order valence-corrected chi connectivity index (χ2v) is 8.07. The Balaban J connectivity index is 0.000000117. The Morgan fingerprint density at radius 3 is 1.24 bits per heavy atom. The molecule has 6 nitrogen and oxygen atoms in total. The molecule has 0 aliphatic carbocycles. The van der Waals surface area contributed by atoms with Crippen LogP contribution in [-0.2, 0) is 0 Å². The standard InChI is InChI=1S/C12H8N2.2C10H8N2/c1-3-9-5-6-11-10(4-2-7-13-11)12(9)14-8-1;2*1-3-7-11-9(5-1)10-6-2-4-8-12-10/h1-8H;2*1-8H. The molecule has 1 aromatic carbocycles. The average molecular weight is 493 g/mol. The first-order valence-corrected chi connectivity index (χ1v) is 12.1. The molecule has 6 heteroatoms. The third-order valence-corrected chi connectivity index (χ3v) is 5.54. The number of hydrogen-bond acceptors (Lipinski definition) is 6. The number of rotatable bonds is 2. The molecule has 0 atom stereocenters. The molecule has 6 heterocycles. The van der Waals surface area contributed by atoms with Crippen molar-refractivity contribution in [3.05, 3.63) is 146 Å². The maximum atomic E-state index is 4.37. The van der Waals surface area contributed by atoms with Crippen molar-refractivity contribution in [1.29, 1.82) is 0 Å². The van der Waals surface area contributed by atoms with Gasteiger partial charge in [0, 0.05) is 48.0 Å². The van der Waals surface area contributed by atoms with Gasteiger partial charge in [0.15, 0.2) is 0 Å². The zero-order chi connectivity index (χ0) is 25.8. The van der Waals surface area contributed by atoms with Crippen LogP contribution in [0.5, 0.6) is 0 Å². The quantitative estimate of drug-likeness (QED) is 0.240. The highest BCUT2D eigenvalue weighted by Crippen LogP contribution is 2.21. The van der Waals surface area contributed by atoms with Crippen molar-refractivity contribution in [3.63, 3.8) is 0 Å². The largest absolute Gasteiger partial charge is 0.256 e. The van der Waals surface area contributed by atoms with E-state index in [4.69, 9.17) is 0 Å². The Bertz CT molecular complexity index is 1490. The lowest BCUT2D eigenvalue weighted by atomic mass is 10.1. The van der Waals surface area contributed by atoms with Gasteiger partial charge in [-0.3, -0.25) is 29.9 Å². The highest BCUT2D eigenvalue weighted by Gasteiger charge is 2.00. The lowest BCUT2D eigenvalue weighted by Crippen LogP contribution is -1.83. The van der Waals surface area contributed by atoms with Gasteiger partial charge in [0.05, 0.1) is 33.8 Å². The maximum absolute atomic E-state index is 4.37. The first-order valence-electron chi connectivity index (χ1n) is 12.1. The van der Waals surface area contributed by atoms with Gasteiger partial charge in [-0.25, -0.2) is 0 Å². The summed E-state index contributed by atoms with van der Waals surface area (Å²) in [6, 6.07) is 35.3.